The second-order valence-electron chi connectivity index (χ2n) is 3.95. The fourth-order valence-electron chi connectivity index (χ4n) is 1.67. The first-order chi connectivity index (χ1) is 7.94. The third-order valence-corrected chi connectivity index (χ3v) is 4.18. The SMILES string of the molecule is Nc1ccn(CC(=O)OC2CCS(=O)(=O)C2)n1. The van der Waals surface area contributed by atoms with Crippen molar-refractivity contribution in [1.82, 2.24) is 9.78 Å². The molecular formula is C9H13N3O4S. The van der Waals surface area contributed by atoms with Crippen molar-refractivity contribution in [2.45, 2.75) is 19.1 Å². The Hall–Kier alpha value is -1.57. The summed E-state index contributed by atoms with van der Waals surface area (Å²) in [6.45, 7) is -0.0618. The van der Waals surface area contributed by atoms with Crippen LogP contribution in [0.5, 0.6) is 0 Å². The number of rotatable bonds is 3. The van der Waals surface area contributed by atoms with Gasteiger partial charge in [-0.25, -0.2) is 8.42 Å². The first kappa shape index (κ1) is 11.9. The van der Waals surface area contributed by atoms with E-state index < -0.39 is 21.9 Å². The summed E-state index contributed by atoms with van der Waals surface area (Å²) in [5, 5.41) is 3.83. The second-order valence-corrected chi connectivity index (χ2v) is 6.18. The van der Waals surface area contributed by atoms with E-state index in [2.05, 4.69) is 5.10 Å². The number of sulfone groups is 1. The smallest absolute Gasteiger partial charge is 0.328 e. The van der Waals surface area contributed by atoms with Gasteiger partial charge in [0, 0.05) is 6.20 Å². The minimum absolute atomic E-state index is 0.0618. The van der Waals surface area contributed by atoms with Crippen molar-refractivity contribution in [2.75, 3.05) is 17.2 Å². The lowest BCUT2D eigenvalue weighted by atomic mass is 10.3. The van der Waals surface area contributed by atoms with Crippen LogP contribution in [0, 0.1) is 0 Å². The lowest BCUT2D eigenvalue weighted by Crippen LogP contribution is -2.22. The molecule has 7 nitrogen and oxygen atoms in total. The summed E-state index contributed by atoms with van der Waals surface area (Å²) in [5.74, 6) is -0.184. The maximum atomic E-state index is 11.5. The summed E-state index contributed by atoms with van der Waals surface area (Å²) < 4.78 is 28.7. The molecule has 0 spiro atoms. The van der Waals surface area contributed by atoms with E-state index in [1.165, 1.54) is 4.68 Å². The highest BCUT2D eigenvalue weighted by Gasteiger charge is 2.30. The number of carbonyl (C=O) groups is 1. The number of nitrogens with two attached hydrogens (primary N) is 1. The summed E-state index contributed by atoms with van der Waals surface area (Å²) in [4.78, 5) is 11.5. The molecule has 2 rings (SSSR count). The number of carbonyl (C=O) groups excluding carboxylic acids is 1. The van der Waals surface area contributed by atoms with E-state index >= 15 is 0 Å². The quantitative estimate of drug-likeness (QED) is 0.712. The van der Waals surface area contributed by atoms with Crippen LogP contribution in [0.15, 0.2) is 12.3 Å². The van der Waals surface area contributed by atoms with Gasteiger partial charge in [-0.3, -0.25) is 9.48 Å². The average molecular weight is 259 g/mol. The van der Waals surface area contributed by atoms with Crippen LogP contribution in [0.2, 0.25) is 0 Å². The molecule has 1 fully saturated rings. The first-order valence-corrected chi connectivity index (χ1v) is 6.95. The van der Waals surface area contributed by atoms with Gasteiger partial charge in [0.05, 0.1) is 11.5 Å². The molecule has 0 radical (unpaired) electrons. The zero-order chi connectivity index (χ0) is 12.5. The molecule has 1 aliphatic rings. The number of anilines is 1. The first-order valence-electron chi connectivity index (χ1n) is 5.13. The number of nitrogens with zero attached hydrogens (tertiary/aromatic N) is 2. The van der Waals surface area contributed by atoms with Crippen molar-refractivity contribution >= 4 is 21.6 Å². The minimum Gasteiger partial charge on any atom is -0.460 e. The third kappa shape index (κ3) is 3.19. The Labute approximate surface area is 98.5 Å². The number of hydrogen-bond donors (Lipinski definition) is 1. The number of hydrogen-bond acceptors (Lipinski definition) is 6. The molecule has 1 aliphatic heterocycles. The van der Waals surface area contributed by atoms with Gasteiger partial charge in [0.2, 0.25) is 0 Å². The van der Waals surface area contributed by atoms with E-state index in [1.54, 1.807) is 12.3 Å². The van der Waals surface area contributed by atoms with E-state index in [4.69, 9.17) is 10.5 Å². The van der Waals surface area contributed by atoms with Gasteiger partial charge < -0.3 is 10.5 Å². The summed E-state index contributed by atoms with van der Waals surface area (Å²) in [7, 11) is -3.03. The molecule has 17 heavy (non-hydrogen) atoms. The monoisotopic (exact) mass is 259 g/mol. The maximum Gasteiger partial charge on any atom is 0.328 e. The Kier molecular flexibility index (Phi) is 3.05. The van der Waals surface area contributed by atoms with E-state index in [1.807, 2.05) is 0 Å². The number of ether oxygens (including phenoxy) is 1. The van der Waals surface area contributed by atoms with Crippen LogP contribution in [0.25, 0.3) is 0 Å². The van der Waals surface area contributed by atoms with Crippen LogP contribution in [0.1, 0.15) is 6.42 Å². The van der Waals surface area contributed by atoms with Gasteiger partial charge in [-0.2, -0.15) is 5.10 Å². The van der Waals surface area contributed by atoms with E-state index in [0.29, 0.717) is 12.2 Å². The predicted molar refractivity (Wildman–Crippen MR) is 59.8 cm³/mol. The molecule has 8 heteroatoms. The van der Waals surface area contributed by atoms with Crippen molar-refractivity contribution in [3.63, 3.8) is 0 Å². The van der Waals surface area contributed by atoms with Crippen LogP contribution < -0.4 is 5.73 Å². The second kappa shape index (κ2) is 4.36. The summed E-state index contributed by atoms with van der Waals surface area (Å²) in [6, 6.07) is 1.56. The van der Waals surface area contributed by atoms with Crippen LogP contribution in [0.4, 0.5) is 5.82 Å². The molecule has 0 aromatic carbocycles. The molecule has 1 aromatic rings. The normalized spacial score (nSPS) is 22.5. The predicted octanol–water partition coefficient (Wildman–Crippen LogP) is -0.804. The Bertz CT molecular complexity index is 522. The van der Waals surface area contributed by atoms with E-state index in [-0.39, 0.29) is 18.1 Å². The molecule has 1 saturated heterocycles. The number of aromatic nitrogens is 2. The Morgan fingerprint density at radius 2 is 2.41 bits per heavy atom. The minimum atomic E-state index is -3.03. The zero-order valence-corrected chi connectivity index (χ0v) is 9.89. The van der Waals surface area contributed by atoms with Gasteiger partial charge in [0.15, 0.2) is 9.84 Å². The molecular weight excluding hydrogens is 246 g/mol. The van der Waals surface area contributed by atoms with Gasteiger partial charge in [-0.05, 0) is 12.5 Å². The van der Waals surface area contributed by atoms with Crippen LogP contribution in [-0.2, 0) is 25.9 Å². The fourth-order valence-corrected chi connectivity index (χ4v) is 3.26. The van der Waals surface area contributed by atoms with Gasteiger partial charge in [-0.1, -0.05) is 0 Å². The molecule has 94 valence electrons. The van der Waals surface area contributed by atoms with Crippen LogP contribution >= 0.6 is 0 Å². The highest BCUT2D eigenvalue weighted by atomic mass is 32.2. The summed E-state index contributed by atoms with van der Waals surface area (Å²) in [6.07, 6.45) is 1.40. The largest absolute Gasteiger partial charge is 0.460 e. The van der Waals surface area contributed by atoms with Crippen molar-refractivity contribution in [1.29, 1.82) is 0 Å². The maximum absolute atomic E-state index is 11.5. The summed E-state index contributed by atoms with van der Waals surface area (Å²) >= 11 is 0. The van der Waals surface area contributed by atoms with Crippen molar-refractivity contribution in [3.05, 3.63) is 12.3 Å². The number of nitrogen functional groups attached to an aromatic ring is 1. The van der Waals surface area contributed by atoms with Gasteiger partial charge in [0.25, 0.3) is 0 Å². The summed E-state index contributed by atoms with van der Waals surface area (Å²) in [5.41, 5.74) is 5.39. The topological polar surface area (TPSA) is 104 Å². The molecule has 0 bridgehead atoms. The Morgan fingerprint density at radius 1 is 1.65 bits per heavy atom. The van der Waals surface area contributed by atoms with Crippen molar-refractivity contribution in [2.24, 2.45) is 0 Å². The lowest BCUT2D eigenvalue weighted by molar-refractivity contribution is -0.148. The Balaban J connectivity index is 1.86. The van der Waals surface area contributed by atoms with E-state index in [0.717, 1.165) is 0 Å². The molecule has 2 heterocycles. The molecule has 0 amide bonds. The lowest BCUT2D eigenvalue weighted by Gasteiger charge is -2.09. The highest BCUT2D eigenvalue weighted by Crippen LogP contribution is 2.15. The number of esters is 1. The zero-order valence-electron chi connectivity index (χ0n) is 9.07. The van der Waals surface area contributed by atoms with Gasteiger partial charge in [-0.15, -0.1) is 0 Å². The average Bonchev–Trinajstić information content (AvgIpc) is 2.73. The van der Waals surface area contributed by atoms with Crippen LogP contribution in [0.3, 0.4) is 0 Å². The van der Waals surface area contributed by atoms with E-state index in [9.17, 15) is 13.2 Å². The molecule has 0 aliphatic carbocycles. The fraction of sp³-hybridized carbons (Fsp3) is 0.556. The highest BCUT2D eigenvalue weighted by molar-refractivity contribution is 7.91. The molecule has 2 N–H and O–H groups in total. The molecule has 1 atom stereocenters. The molecule has 0 saturated carbocycles. The molecule has 1 unspecified atom stereocenters. The van der Waals surface area contributed by atoms with Crippen molar-refractivity contribution in [3.8, 4) is 0 Å². The van der Waals surface area contributed by atoms with Crippen LogP contribution in [-0.4, -0.2) is 41.8 Å². The Morgan fingerprint density at radius 3 is 2.94 bits per heavy atom. The van der Waals surface area contributed by atoms with Gasteiger partial charge in [0.1, 0.15) is 18.5 Å². The molecule has 1 aromatic heterocycles. The van der Waals surface area contributed by atoms with Crippen molar-refractivity contribution < 1.29 is 17.9 Å². The third-order valence-electron chi connectivity index (χ3n) is 2.44. The van der Waals surface area contributed by atoms with Gasteiger partial charge >= 0.3 is 5.97 Å². The standard InChI is InChI=1S/C9H13N3O4S/c10-8-1-3-12(11-8)5-9(13)16-7-2-4-17(14,15)6-7/h1,3,7H,2,4-6H2,(H2,10,11).